The Balaban J connectivity index is 1.70. The smallest absolute Gasteiger partial charge is 0.410 e. The summed E-state index contributed by atoms with van der Waals surface area (Å²) >= 11 is 0. The van der Waals surface area contributed by atoms with Crippen molar-refractivity contribution >= 4 is 11.9 Å². The number of nitrogens with two attached hydrogens (primary N) is 1. The molecule has 0 aromatic rings. The van der Waals surface area contributed by atoms with Gasteiger partial charge in [-0.1, -0.05) is 0 Å². The van der Waals surface area contributed by atoms with Crippen LogP contribution in [0.3, 0.4) is 0 Å². The molecule has 4 rings (SSSR count). The summed E-state index contributed by atoms with van der Waals surface area (Å²) in [5.74, 6) is 1.80. The lowest BCUT2D eigenvalue weighted by atomic mass is 10.1. The zero-order valence-corrected chi connectivity index (χ0v) is 10.7. The zero-order chi connectivity index (χ0) is 12.6. The minimum Gasteiger partial charge on any atom is -0.444 e. The Hall–Kier alpha value is -1.26. The van der Waals surface area contributed by atoms with E-state index in [4.69, 9.17) is 10.5 Å². The van der Waals surface area contributed by atoms with Crippen LogP contribution in [0.2, 0.25) is 0 Å². The third-order valence-electron chi connectivity index (χ3n) is 4.25. The van der Waals surface area contributed by atoms with Crippen LogP contribution >= 0.6 is 0 Å². The largest absolute Gasteiger partial charge is 0.444 e. The number of carbonyl (C=O) groups excluding carboxylic acids is 1. The Morgan fingerprint density at radius 3 is 2.65 bits per heavy atom. The van der Waals surface area contributed by atoms with E-state index in [-0.39, 0.29) is 17.6 Å². The van der Waals surface area contributed by atoms with E-state index >= 15 is 0 Å². The van der Waals surface area contributed by atoms with Gasteiger partial charge in [0.15, 0.2) is 0 Å². The van der Waals surface area contributed by atoms with Crippen molar-refractivity contribution in [1.82, 2.24) is 4.90 Å². The van der Waals surface area contributed by atoms with Crippen LogP contribution in [0, 0.1) is 17.3 Å². The van der Waals surface area contributed by atoms with Gasteiger partial charge in [0, 0.05) is 19.5 Å². The number of carbonyl (C=O) groups is 1. The lowest BCUT2D eigenvalue weighted by Crippen LogP contribution is -2.37. The normalized spacial score (nSPS) is 42.2. The van der Waals surface area contributed by atoms with Gasteiger partial charge < -0.3 is 15.4 Å². The van der Waals surface area contributed by atoms with Crippen LogP contribution in [-0.4, -0.2) is 42.1 Å². The van der Waals surface area contributed by atoms with Gasteiger partial charge in [-0.25, -0.2) is 4.79 Å². The molecule has 2 N–H and O–H groups in total. The number of piperidine rings is 1. The minimum atomic E-state index is -0.434. The molecule has 2 heterocycles. The molecule has 5 heteroatoms. The van der Waals surface area contributed by atoms with E-state index in [0.717, 1.165) is 6.54 Å². The standard InChI is InChI=1S/C12H19N3O2/c1-11(2,3)17-10(16)15-5-6-7-8(15)12(6,7)9(13)14-4/h6-8H,5H2,1-4H3,(H2,13,14)/t6-,7-,8?,12-/m0/s1. The van der Waals surface area contributed by atoms with E-state index in [1.54, 1.807) is 7.05 Å². The second-order valence-electron chi connectivity index (χ2n) is 6.25. The molecule has 0 aromatic carbocycles. The van der Waals surface area contributed by atoms with Crippen LogP contribution in [0.5, 0.6) is 0 Å². The fourth-order valence-corrected chi connectivity index (χ4v) is 3.50. The fraction of sp³-hybridized carbons (Fsp3) is 0.833. The molecule has 5 nitrogen and oxygen atoms in total. The molecular formula is C12H19N3O2. The first kappa shape index (κ1) is 10.9. The predicted molar refractivity (Wildman–Crippen MR) is 63.7 cm³/mol. The number of amidine groups is 1. The van der Waals surface area contributed by atoms with Gasteiger partial charge in [0.1, 0.15) is 11.4 Å². The van der Waals surface area contributed by atoms with E-state index in [2.05, 4.69) is 4.99 Å². The lowest BCUT2D eigenvalue weighted by molar-refractivity contribution is 0.0278. The predicted octanol–water partition coefficient (Wildman–Crippen LogP) is 0.839. The minimum absolute atomic E-state index is 0.0334. The fourth-order valence-electron chi connectivity index (χ4n) is 3.50. The third kappa shape index (κ3) is 1.14. The quantitative estimate of drug-likeness (QED) is 0.543. The van der Waals surface area contributed by atoms with E-state index in [1.807, 2.05) is 25.7 Å². The number of nitrogens with zero attached hydrogens (tertiary/aromatic N) is 2. The molecule has 2 aliphatic heterocycles. The highest BCUT2D eigenvalue weighted by atomic mass is 16.6. The van der Waals surface area contributed by atoms with E-state index in [1.165, 1.54) is 0 Å². The molecule has 4 atom stereocenters. The molecule has 4 fully saturated rings. The lowest BCUT2D eigenvalue weighted by Gasteiger charge is -2.24. The first-order valence-corrected chi connectivity index (χ1v) is 6.06. The van der Waals surface area contributed by atoms with Crippen molar-refractivity contribution in [2.75, 3.05) is 13.6 Å². The van der Waals surface area contributed by atoms with Gasteiger partial charge in [0.25, 0.3) is 0 Å². The highest BCUT2D eigenvalue weighted by Crippen LogP contribution is 2.85. The van der Waals surface area contributed by atoms with E-state index in [0.29, 0.717) is 17.7 Å². The summed E-state index contributed by atoms with van der Waals surface area (Å²) in [4.78, 5) is 17.9. The van der Waals surface area contributed by atoms with Crippen molar-refractivity contribution in [3.8, 4) is 0 Å². The molecule has 1 amide bonds. The highest BCUT2D eigenvalue weighted by Gasteiger charge is 2.95. The summed E-state index contributed by atoms with van der Waals surface area (Å²) in [5, 5.41) is 0. The second-order valence-corrected chi connectivity index (χ2v) is 6.25. The average molecular weight is 237 g/mol. The number of fused-ring (bicyclic) bond motifs is 1. The summed E-state index contributed by atoms with van der Waals surface area (Å²) in [5.41, 5.74) is 5.54. The van der Waals surface area contributed by atoms with Gasteiger partial charge in [0.05, 0.1) is 11.5 Å². The van der Waals surface area contributed by atoms with Gasteiger partial charge in [-0.2, -0.15) is 0 Å². The molecule has 1 unspecified atom stereocenters. The number of hydrogen-bond donors (Lipinski definition) is 1. The van der Waals surface area contributed by atoms with Gasteiger partial charge >= 0.3 is 6.09 Å². The first-order chi connectivity index (χ1) is 7.84. The summed E-state index contributed by atoms with van der Waals surface area (Å²) in [6, 6.07) is 0.256. The van der Waals surface area contributed by atoms with Crippen molar-refractivity contribution in [3.05, 3.63) is 0 Å². The topological polar surface area (TPSA) is 67.9 Å². The van der Waals surface area contributed by atoms with Crippen molar-refractivity contribution < 1.29 is 9.53 Å². The van der Waals surface area contributed by atoms with Crippen LogP contribution < -0.4 is 5.73 Å². The zero-order valence-electron chi connectivity index (χ0n) is 10.7. The van der Waals surface area contributed by atoms with E-state index in [9.17, 15) is 4.79 Å². The number of hydrogen-bond acceptors (Lipinski definition) is 3. The molecular weight excluding hydrogens is 218 g/mol. The summed E-state index contributed by atoms with van der Waals surface area (Å²) in [6.45, 7) is 6.43. The van der Waals surface area contributed by atoms with Gasteiger partial charge in [-0.3, -0.25) is 4.99 Å². The maximum absolute atomic E-state index is 12.0. The third-order valence-corrected chi connectivity index (χ3v) is 4.25. The van der Waals surface area contributed by atoms with Crippen LogP contribution in [0.4, 0.5) is 4.79 Å². The van der Waals surface area contributed by atoms with Crippen LogP contribution in [0.15, 0.2) is 4.99 Å². The van der Waals surface area contributed by atoms with Crippen LogP contribution in [0.1, 0.15) is 20.8 Å². The molecule has 4 aliphatic rings. The van der Waals surface area contributed by atoms with Crippen LogP contribution in [-0.2, 0) is 4.74 Å². The molecule has 2 saturated heterocycles. The number of amides is 1. The molecule has 17 heavy (non-hydrogen) atoms. The van der Waals surface area contributed by atoms with Crippen molar-refractivity contribution in [2.24, 2.45) is 28.0 Å². The molecule has 2 bridgehead atoms. The van der Waals surface area contributed by atoms with Crippen molar-refractivity contribution in [2.45, 2.75) is 32.4 Å². The number of aliphatic imine (C=N–C) groups is 1. The van der Waals surface area contributed by atoms with Gasteiger partial charge in [-0.15, -0.1) is 0 Å². The molecule has 2 saturated carbocycles. The molecule has 2 aliphatic carbocycles. The molecule has 0 aromatic heterocycles. The number of rotatable bonds is 1. The summed E-state index contributed by atoms with van der Waals surface area (Å²) in [7, 11) is 1.72. The molecule has 0 radical (unpaired) electrons. The van der Waals surface area contributed by atoms with Crippen molar-refractivity contribution in [1.29, 1.82) is 0 Å². The Bertz CT molecular complexity index is 420. The summed E-state index contributed by atoms with van der Waals surface area (Å²) < 4.78 is 5.40. The highest BCUT2D eigenvalue weighted by molar-refractivity contribution is 5.98. The second kappa shape index (κ2) is 2.76. The Labute approximate surface area is 101 Å². The SMILES string of the molecule is CN=C(N)[C@]12C3[C@@H]1[C@@H]2CN3C(=O)OC(C)(C)C. The molecule has 94 valence electrons. The first-order valence-electron chi connectivity index (χ1n) is 6.06. The Kier molecular flexibility index (Phi) is 1.77. The number of ether oxygens (including phenoxy) is 1. The summed E-state index contributed by atoms with van der Waals surface area (Å²) in [6.07, 6.45) is -0.210. The van der Waals surface area contributed by atoms with Gasteiger partial charge in [-0.05, 0) is 26.7 Å². The Morgan fingerprint density at radius 1 is 1.53 bits per heavy atom. The average Bonchev–Trinajstić information content (AvgIpc) is 2.93. The Morgan fingerprint density at radius 2 is 2.18 bits per heavy atom. The maximum atomic E-state index is 12.0. The monoisotopic (exact) mass is 237 g/mol. The van der Waals surface area contributed by atoms with Crippen LogP contribution in [0.25, 0.3) is 0 Å². The van der Waals surface area contributed by atoms with E-state index < -0.39 is 5.60 Å². The maximum Gasteiger partial charge on any atom is 0.410 e. The van der Waals surface area contributed by atoms with Gasteiger partial charge in [0.2, 0.25) is 0 Å². The van der Waals surface area contributed by atoms with Crippen molar-refractivity contribution in [3.63, 3.8) is 0 Å². The molecule has 0 spiro atoms.